The third kappa shape index (κ3) is 2.68. The fraction of sp³-hybridized carbons (Fsp3) is 0.250. The molecule has 18 heavy (non-hydrogen) atoms. The van der Waals surface area contributed by atoms with E-state index in [1.807, 2.05) is 19.1 Å². The van der Waals surface area contributed by atoms with E-state index in [0.717, 1.165) is 5.56 Å². The SMILES string of the molecule is Cc1nc(Cl)nc(NC(C)c2ccncc2)c1N. The number of aryl methyl sites for hydroxylation is 1. The minimum Gasteiger partial charge on any atom is -0.394 e. The number of nitrogens with zero attached hydrogens (tertiary/aromatic N) is 3. The van der Waals surface area contributed by atoms with Gasteiger partial charge in [0.25, 0.3) is 0 Å². The highest BCUT2D eigenvalue weighted by molar-refractivity contribution is 6.28. The lowest BCUT2D eigenvalue weighted by Crippen LogP contribution is -2.11. The molecule has 0 amide bonds. The van der Waals surface area contributed by atoms with Crippen molar-refractivity contribution < 1.29 is 0 Å². The van der Waals surface area contributed by atoms with Crippen LogP contribution in [0.1, 0.15) is 24.2 Å². The first-order chi connectivity index (χ1) is 8.58. The third-order valence-electron chi connectivity index (χ3n) is 2.67. The van der Waals surface area contributed by atoms with Gasteiger partial charge in [-0.3, -0.25) is 4.98 Å². The molecule has 6 heteroatoms. The summed E-state index contributed by atoms with van der Waals surface area (Å²) in [6.45, 7) is 3.81. The summed E-state index contributed by atoms with van der Waals surface area (Å²) in [7, 11) is 0. The molecule has 2 heterocycles. The number of pyridine rings is 1. The zero-order valence-corrected chi connectivity index (χ0v) is 10.9. The Morgan fingerprint density at radius 3 is 2.61 bits per heavy atom. The molecule has 3 N–H and O–H groups in total. The van der Waals surface area contributed by atoms with Crippen LogP contribution in [-0.4, -0.2) is 15.0 Å². The molecule has 0 aromatic carbocycles. The van der Waals surface area contributed by atoms with Crippen LogP contribution in [-0.2, 0) is 0 Å². The van der Waals surface area contributed by atoms with Gasteiger partial charge in [0.05, 0.1) is 17.4 Å². The molecule has 0 bridgehead atoms. The maximum Gasteiger partial charge on any atom is 0.224 e. The Morgan fingerprint density at radius 2 is 1.94 bits per heavy atom. The number of hydrogen-bond acceptors (Lipinski definition) is 5. The normalized spacial score (nSPS) is 12.2. The van der Waals surface area contributed by atoms with Crippen LogP contribution in [0.5, 0.6) is 0 Å². The van der Waals surface area contributed by atoms with Crippen molar-refractivity contribution >= 4 is 23.1 Å². The quantitative estimate of drug-likeness (QED) is 0.833. The molecular formula is C12H14ClN5. The largest absolute Gasteiger partial charge is 0.394 e. The molecule has 0 aliphatic heterocycles. The minimum absolute atomic E-state index is 0.0562. The van der Waals surface area contributed by atoms with E-state index in [1.165, 1.54) is 0 Å². The van der Waals surface area contributed by atoms with Crippen LogP contribution in [0.3, 0.4) is 0 Å². The third-order valence-corrected chi connectivity index (χ3v) is 2.84. The first-order valence-electron chi connectivity index (χ1n) is 5.54. The van der Waals surface area contributed by atoms with Gasteiger partial charge in [-0.2, -0.15) is 4.98 Å². The fourth-order valence-electron chi connectivity index (χ4n) is 1.60. The topological polar surface area (TPSA) is 76.7 Å². The second kappa shape index (κ2) is 5.18. The van der Waals surface area contributed by atoms with E-state index in [4.69, 9.17) is 17.3 Å². The molecule has 0 saturated carbocycles. The second-order valence-electron chi connectivity index (χ2n) is 3.99. The molecule has 5 nitrogen and oxygen atoms in total. The summed E-state index contributed by atoms with van der Waals surface area (Å²) < 4.78 is 0. The van der Waals surface area contributed by atoms with Crippen LogP contribution in [0.4, 0.5) is 11.5 Å². The summed E-state index contributed by atoms with van der Waals surface area (Å²) in [6.07, 6.45) is 3.49. The van der Waals surface area contributed by atoms with Crippen LogP contribution < -0.4 is 11.1 Å². The predicted octanol–water partition coefficient (Wildman–Crippen LogP) is 2.59. The first kappa shape index (κ1) is 12.6. The van der Waals surface area contributed by atoms with Gasteiger partial charge in [-0.25, -0.2) is 4.98 Å². The molecule has 0 spiro atoms. The Morgan fingerprint density at radius 1 is 1.28 bits per heavy atom. The van der Waals surface area contributed by atoms with Crippen molar-refractivity contribution in [3.63, 3.8) is 0 Å². The van der Waals surface area contributed by atoms with Gasteiger partial charge in [0.2, 0.25) is 5.28 Å². The zero-order valence-electron chi connectivity index (χ0n) is 10.2. The van der Waals surface area contributed by atoms with Crippen LogP contribution in [0.15, 0.2) is 24.5 Å². The van der Waals surface area contributed by atoms with Crippen molar-refractivity contribution in [2.75, 3.05) is 11.1 Å². The van der Waals surface area contributed by atoms with E-state index < -0.39 is 0 Å². The fourth-order valence-corrected chi connectivity index (χ4v) is 1.81. The van der Waals surface area contributed by atoms with Gasteiger partial charge in [0, 0.05) is 12.4 Å². The number of aromatic nitrogens is 3. The number of anilines is 2. The Labute approximate surface area is 110 Å². The minimum atomic E-state index is 0.0562. The summed E-state index contributed by atoms with van der Waals surface area (Å²) in [6, 6.07) is 3.92. The summed E-state index contributed by atoms with van der Waals surface area (Å²) in [4.78, 5) is 12.1. The standard InChI is InChI=1S/C12H14ClN5/c1-7(9-3-5-15-6-4-9)16-11-10(14)8(2)17-12(13)18-11/h3-7H,14H2,1-2H3,(H,16,17,18). The molecular weight excluding hydrogens is 250 g/mol. The molecule has 2 aromatic rings. The summed E-state index contributed by atoms with van der Waals surface area (Å²) in [5, 5.41) is 3.41. The van der Waals surface area contributed by atoms with Gasteiger partial charge < -0.3 is 11.1 Å². The van der Waals surface area contributed by atoms with Crippen LogP contribution in [0.25, 0.3) is 0 Å². The molecule has 0 aliphatic carbocycles. The lowest BCUT2D eigenvalue weighted by atomic mass is 10.1. The van der Waals surface area contributed by atoms with Gasteiger partial charge in [-0.05, 0) is 43.1 Å². The van der Waals surface area contributed by atoms with E-state index in [1.54, 1.807) is 19.3 Å². The van der Waals surface area contributed by atoms with Crippen LogP contribution >= 0.6 is 11.6 Å². The smallest absolute Gasteiger partial charge is 0.224 e. The van der Waals surface area contributed by atoms with Crippen molar-refractivity contribution in [1.82, 2.24) is 15.0 Å². The summed E-state index contributed by atoms with van der Waals surface area (Å²) >= 11 is 5.82. The zero-order chi connectivity index (χ0) is 13.1. The van der Waals surface area contributed by atoms with Gasteiger partial charge >= 0.3 is 0 Å². The summed E-state index contributed by atoms with van der Waals surface area (Å²) in [5.41, 5.74) is 8.19. The lowest BCUT2D eigenvalue weighted by molar-refractivity contribution is 0.868. The van der Waals surface area contributed by atoms with E-state index in [9.17, 15) is 0 Å². The maximum atomic E-state index is 5.92. The lowest BCUT2D eigenvalue weighted by Gasteiger charge is -2.16. The van der Waals surface area contributed by atoms with Crippen molar-refractivity contribution in [3.05, 3.63) is 41.1 Å². The molecule has 0 radical (unpaired) electrons. The van der Waals surface area contributed by atoms with Crippen molar-refractivity contribution in [1.29, 1.82) is 0 Å². The van der Waals surface area contributed by atoms with Gasteiger partial charge in [0.1, 0.15) is 0 Å². The molecule has 0 aliphatic rings. The molecule has 0 saturated heterocycles. The maximum absolute atomic E-state index is 5.92. The molecule has 1 unspecified atom stereocenters. The number of hydrogen-bond donors (Lipinski definition) is 2. The number of halogens is 1. The first-order valence-corrected chi connectivity index (χ1v) is 5.92. The van der Waals surface area contributed by atoms with E-state index in [2.05, 4.69) is 20.3 Å². The molecule has 2 rings (SSSR count). The van der Waals surface area contributed by atoms with Gasteiger partial charge in [0.15, 0.2) is 5.82 Å². The van der Waals surface area contributed by atoms with Crippen molar-refractivity contribution in [2.24, 2.45) is 0 Å². The molecule has 0 fully saturated rings. The van der Waals surface area contributed by atoms with Gasteiger partial charge in [-0.15, -0.1) is 0 Å². The van der Waals surface area contributed by atoms with Crippen molar-refractivity contribution in [2.45, 2.75) is 19.9 Å². The average Bonchev–Trinajstić information content (AvgIpc) is 2.36. The summed E-state index contributed by atoms with van der Waals surface area (Å²) in [5.74, 6) is 0.553. The monoisotopic (exact) mass is 263 g/mol. The van der Waals surface area contributed by atoms with Gasteiger partial charge in [-0.1, -0.05) is 0 Å². The highest BCUT2D eigenvalue weighted by atomic mass is 35.5. The molecule has 1 atom stereocenters. The van der Waals surface area contributed by atoms with E-state index in [0.29, 0.717) is 17.2 Å². The molecule has 2 aromatic heterocycles. The predicted molar refractivity (Wildman–Crippen MR) is 72.5 cm³/mol. The number of nitrogens with two attached hydrogens (primary N) is 1. The Kier molecular flexibility index (Phi) is 3.62. The number of nitrogen functional groups attached to an aromatic ring is 1. The molecule has 94 valence electrons. The second-order valence-corrected chi connectivity index (χ2v) is 4.32. The highest BCUT2D eigenvalue weighted by Crippen LogP contribution is 2.24. The van der Waals surface area contributed by atoms with Crippen molar-refractivity contribution in [3.8, 4) is 0 Å². The van der Waals surface area contributed by atoms with Crippen LogP contribution in [0, 0.1) is 6.92 Å². The number of nitrogens with one attached hydrogen (secondary N) is 1. The average molecular weight is 264 g/mol. The van der Waals surface area contributed by atoms with E-state index in [-0.39, 0.29) is 11.3 Å². The van der Waals surface area contributed by atoms with E-state index >= 15 is 0 Å². The number of rotatable bonds is 3. The Bertz CT molecular complexity index is 544. The van der Waals surface area contributed by atoms with Crippen LogP contribution in [0.2, 0.25) is 5.28 Å². The Hall–Kier alpha value is -1.88. The highest BCUT2D eigenvalue weighted by Gasteiger charge is 2.11. The Balaban J connectivity index is 2.24.